The number of carbonyl (C=O) groups excluding carboxylic acids is 7. The maximum atomic E-state index is 14.5. The summed E-state index contributed by atoms with van der Waals surface area (Å²) in [4.78, 5) is 95.3. The summed E-state index contributed by atoms with van der Waals surface area (Å²) in [7, 11) is 0. The molecule has 304 valence electrons. The Kier molecular flexibility index (Phi) is 14.5. The van der Waals surface area contributed by atoms with E-state index in [4.69, 9.17) is 15.2 Å². The smallest absolute Gasteiger partial charge is 0.408 e. The van der Waals surface area contributed by atoms with Crippen LogP contribution >= 0.6 is 0 Å². The van der Waals surface area contributed by atoms with Crippen molar-refractivity contribution >= 4 is 41.4 Å². The van der Waals surface area contributed by atoms with Crippen molar-refractivity contribution in [2.24, 2.45) is 17.6 Å². The van der Waals surface area contributed by atoms with E-state index in [0.717, 1.165) is 44.9 Å². The Morgan fingerprint density at radius 1 is 0.836 bits per heavy atom. The Balaban J connectivity index is 1.51. The molecule has 2 saturated carbocycles. The van der Waals surface area contributed by atoms with Gasteiger partial charge in [0.15, 0.2) is 0 Å². The number of benzene rings is 1. The molecule has 15 nitrogen and oxygen atoms in total. The summed E-state index contributed by atoms with van der Waals surface area (Å²) in [5.74, 6) is -4.70. The molecule has 0 bridgehead atoms. The molecule has 3 fully saturated rings. The highest BCUT2D eigenvalue weighted by Gasteiger charge is 2.47. The van der Waals surface area contributed by atoms with Gasteiger partial charge in [-0.3, -0.25) is 28.8 Å². The molecule has 1 aliphatic heterocycles. The van der Waals surface area contributed by atoms with Gasteiger partial charge in [0.1, 0.15) is 29.8 Å². The minimum absolute atomic E-state index is 0.0804. The number of likely N-dealkylation sites (tertiary alicyclic amines) is 1. The lowest BCUT2D eigenvalue weighted by Crippen LogP contribution is -2.58. The zero-order chi connectivity index (χ0) is 40.7. The Bertz CT molecular complexity index is 1560. The molecule has 0 spiro atoms. The number of amides is 6. The highest BCUT2D eigenvalue weighted by Crippen LogP contribution is 2.35. The first-order valence-corrected chi connectivity index (χ1v) is 19.5. The second kappa shape index (κ2) is 18.4. The van der Waals surface area contributed by atoms with Crippen LogP contribution in [0.4, 0.5) is 4.79 Å². The van der Waals surface area contributed by atoms with Gasteiger partial charge in [-0.1, -0.05) is 62.4 Å². The molecular weight excluding hydrogens is 708 g/mol. The number of hydrogen-bond donors (Lipinski definition) is 5. The van der Waals surface area contributed by atoms with Gasteiger partial charge in [0.2, 0.25) is 29.4 Å². The van der Waals surface area contributed by atoms with Crippen molar-refractivity contribution in [3.63, 3.8) is 0 Å². The average molecular weight is 769 g/mol. The molecule has 6 amide bonds. The van der Waals surface area contributed by atoms with E-state index in [2.05, 4.69) is 21.3 Å². The van der Waals surface area contributed by atoms with Crippen molar-refractivity contribution in [2.75, 3.05) is 6.54 Å². The van der Waals surface area contributed by atoms with Crippen LogP contribution in [-0.2, 0) is 38.2 Å². The monoisotopic (exact) mass is 768 g/mol. The van der Waals surface area contributed by atoms with Gasteiger partial charge >= 0.3 is 6.09 Å². The van der Waals surface area contributed by atoms with Gasteiger partial charge in [0, 0.05) is 13.0 Å². The predicted octanol–water partition coefficient (Wildman–Crippen LogP) is 2.95. The van der Waals surface area contributed by atoms with Gasteiger partial charge in [-0.05, 0) is 85.1 Å². The fraction of sp³-hybridized carbons (Fsp3) is 0.675. The van der Waals surface area contributed by atoms with E-state index in [0.29, 0.717) is 5.56 Å². The number of nitrogens with zero attached hydrogens (tertiary/aromatic N) is 1. The van der Waals surface area contributed by atoms with Crippen LogP contribution in [0, 0.1) is 11.8 Å². The van der Waals surface area contributed by atoms with E-state index < -0.39 is 88.9 Å². The second-order valence-corrected chi connectivity index (χ2v) is 17.2. The maximum Gasteiger partial charge on any atom is 0.408 e. The number of rotatable bonds is 15. The molecule has 0 aromatic heterocycles. The molecule has 15 heteroatoms. The Labute approximate surface area is 323 Å². The van der Waals surface area contributed by atoms with Crippen LogP contribution in [0.25, 0.3) is 0 Å². The van der Waals surface area contributed by atoms with Gasteiger partial charge in [0.05, 0.1) is 17.7 Å². The number of primary amides is 1. The van der Waals surface area contributed by atoms with E-state index in [1.807, 2.05) is 20.8 Å². The fourth-order valence-corrected chi connectivity index (χ4v) is 7.25. The molecule has 1 saturated heterocycles. The van der Waals surface area contributed by atoms with E-state index in [9.17, 15) is 33.6 Å². The summed E-state index contributed by atoms with van der Waals surface area (Å²) >= 11 is 0. The average Bonchev–Trinajstić information content (AvgIpc) is 3.83. The van der Waals surface area contributed by atoms with Gasteiger partial charge in [-0.25, -0.2) is 4.79 Å². The topological polar surface area (TPSA) is 215 Å². The number of carbonyl (C=O) groups is 7. The third kappa shape index (κ3) is 13.0. The third-order valence-electron chi connectivity index (χ3n) is 10.00. The van der Waals surface area contributed by atoms with Crippen molar-refractivity contribution in [3.8, 4) is 0 Å². The molecule has 3 aliphatic rings. The molecule has 4 rings (SSSR count). The van der Waals surface area contributed by atoms with Gasteiger partial charge in [0.25, 0.3) is 5.91 Å². The first kappa shape index (κ1) is 43.2. The van der Waals surface area contributed by atoms with Crippen LogP contribution in [-0.4, -0.2) is 94.3 Å². The van der Waals surface area contributed by atoms with Crippen molar-refractivity contribution in [1.29, 1.82) is 0 Å². The van der Waals surface area contributed by atoms with Crippen molar-refractivity contribution < 1.29 is 43.0 Å². The fourth-order valence-electron chi connectivity index (χ4n) is 7.25. The van der Waals surface area contributed by atoms with Crippen LogP contribution in [0.1, 0.15) is 118 Å². The molecule has 2 unspecified atom stereocenters. The highest BCUT2D eigenvalue weighted by atomic mass is 16.6. The van der Waals surface area contributed by atoms with Crippen LogP contribution in [0.3, 0.4) is 0 Å². The zero-order valence-electron chi connectivity index (χ0n) is 33.3. The number of Topliss-reactive ketones (excluding diaryl/α,β-unsaturated/α-hetero) is 1. The van der Waals surface area contributed by atoms with Crippen molar-refractivity contribution in [1.82, 2.24) is 26.2 Å². The SMILES string of the molecule is C[C@H](NC(=O)C(=O)C(CC1CC1)NC(=O)C1C[C@@H](OC(C)(C)C)CN1C(=O)[C@@H](NC(=O)OC(C)(C)C)C1CCCCC1)C(=O)N[C@H](C(N)=O)c1ccccc1. The number of hydrogen-bond acceptors (Lipinski definition) is 9. The van der Waals surface area contributed by atoms with Crippen molar-refractivity contribution in [2.45, 2.75) is 154 Å². The summed E-state index contributed by atoms with van der Waals surface area (Å²) in [5.41, 5.74) is 4.59. The molecular formula is C40H60N6O9. The van der Waals surface area contributed by atoms with E-state index >= 15 is 0 Å². The number of ether oxygens (including phenoxy) is 2. The maximum absolute atomic E-state index is 14.5. The summed E-state index contributed by atoms with van der Waals surface area (Å²) in [5, 5.41) is 10.5. The van der Waals surface area contributed by atoms with Gasteiger partial charge < -0.3 is 41.4 Å². The minimum atomic E-state index is -1.23. The molecule has 2 aliphatic carbocycles. The molecule has 1 aromatic carbocycles. The molecule has 1 heterocycles. The standard InChI is InChI=1S/C40H60N6O9/c1-23(34(49)44-30(33(41)48)25-14-10-8-11-15-25)42-36(51)32(47)28(20-24-18-19-24)43-35(50)29-21-27(54-39(2,3)4)22-46(29)37(52)31(26-16-12-9-13-17-26)45-38(53)55-40(5,6)7/h8,10-11,14-15,23-24,26-31H,9,12-13,16-22H2,1-7H3,(H2,41,48)(H,42,51)(H,43,50)(H,44,49)(H,45,53)/t23-,27+,28?,29?,30-,31-/m0/s1. The van der Waals surface area contributed by atoms with Crippen LogP contribution in [0.5, 0.6) is 0 Å². The number of ketones is 1. The van der Waals surface area contributed by atoms with Crippen LogP contribution in [0.2, 0.25) is 0 Å². The quantitative estimate of drug-likeness (QED) is 0.166. The summed E-state index contributed by atoms with van der Waals surface area (Å²) < 4.78 is 11.8. The van der Waals surface area contributed by atoms with E-state index in [-0.39, 0.29) is 31.2 Å². The summed E-state index contributed by atoms with van der Waals surface area (Å²) in [6.45, 7) is 12.3. The second-order valence-electron chi connectivity index (χ2n) is 17.2. The first-order valence-electron chi connectivity index (χ1n) is 19.5. The third-order valence-corrected chi connectivity index (χ3v) is 10.00. The lowest BCUT2D eigenvalue weighted by Gasteiger charge is -2.35. The number of nitrogens with two attached hydrogens (primary N) is 1. The molecule has 6 atom stereocenters. The minimum Gasteiger partial charge on any atom is -0.444 e. The lowest BCUT2D eigenvalue weighted by molar-refractivity contribution is -0.144. The Morgan fingerprint density at radius 2 is 1.47 bits per heavy atom. The number of nitrogens with one attached hydrogen (secondary N) is 4. The highest BCUT2D eigenvalue weighted by molar-refractivity contribution is 6.38. The van der Waals surface area contributed by atoms with Crippen LogP contribution in [0.15, 0.2) is 30.3 Å². The normalized spacial score (nSPS) is 21.3. The zero-order valence-corrected chi connectivity index (χ0v) is 33.3. The van der Waals surface area contributed by atoms with Gasteiger partial charge in [-0.15, -0.1) is 0 Å². The molecule has 6 N–H and O–H groups in total. The molecule has 1 aromatic rings. The first-order chi connectivity index (χ1) is 25.7. The van der Waals surface area contributed by atoms with Crippen molar-refractivity contribution in [3.05, 3.63) is 35.9 Å². The Morgan fingerprint density at radius 3 is 2.04 bits per heavy atom. The predicted molar refractivity (Wildman–Crippen MR) is 203 cm³/mol. The van der Waals surface area contributed by atoms with E-state index in [1.165, 1.54) is 11.8 Å². The summed E-state index contributed by atoms with van der Waals surface area (Å²) in [6, 6.07) is 2.73. The molecule has 55 heavy (non-hydrogen) atoms. The van der Waals surface area contributed by atoms with E-state index in [1.54, 1.807) is 51.1 Å². The lowest BCUT2D eigenvalue weighted by atomic mass is 9.83. The number of alkyl carbamates (subject to hydrolysis) is 1. The van der Waals surface area contributed by atoms with Crippen LogP contribution < -0.4 is 27.0 Å². The molecule has 0 radical (unpaired) electrons. The largest absolute Gasteiger partial charge is 0.444 e. The Hall–Kier alpha value is -4.53. The summed E-state index contributed by atoms with van der Waals surface area (Å²) in [6.07, 6.45) is 4.99. The van der Waals surface area contributed by atoms with Gasteiger partial charge in [-0.2, -0.15) is 0 Å².